The predicted octanol–water partition coefficient (Wildman–Crippen LogP) is 3.87. The monoisotopic (exact) mass is 323 g/mol. The highest BCUT2D eigenvalue weighted by atomic mass is 79.9. The van der Waals surface area contributed by atoms with E-state index in [-0.39, 0.29) is 6.04 Å². The smallest absolute Gasteiger partial charge is 0.165 e. The number of halogens is 1. The van der Waals surface area contributed by atoms with E-state index in [1.54, 1.807) is 6.20 Å². The molecule has 102 valence electrons. The minimum absolute atomic E-state index is 0.00395. The van der Waals surface area contributed by atoms with Gasteiger partial charge in [0.2, 0.25) is 0 Å². The Hall–Kier alpha value is -1.33. The quantitative estimate of drug-likeness (QED) is 0.908. The lowest BCUT2D eigenvalue weighted by molar-refractivity contribution is 0.480. The second-order valence-electron chi connectivity index (χ2n) is 4.51. The topological polar surface area (TPSA) is 53.1 Å². The normalized spacial score (nSPS) is 12.4. The van der Waals surface area contributed by atoms with Crippen molar-refractivity contribution in [1.82, 2.24) is 9.78 Å². The van der Waals surface area contributed by atoms with Crippen molar-refractivity contribution in [2.24, 2.45) is 5.73 Å². The summed E-state index contributed by atoms with van der Waals surface area (Å²) in [7, 11) is 0. The number of nitrogens with zero attached hydrogens (tertiary/aromatic N) is 2. The fourth-order valence-corrected chi connectivity index (χ4v) is 2.54. The summed E-state index contributed by atoms with van der Waals surface area (Å²) in [6.07, 6.45) is 4.68. The molecule has 0 fully saturated rings. The fourth-order valence-electron chi connectivity index (χ4n) is 1.83. The Morgan fingerprint density at radius 1 is 1.42 bits per heavy atom. The zero-order valence-corrected chi connectivity index (χ0v) is 12.7. The average Bonchev–Trinajstić information content (AvgIpc) is 2.76. The van der Waals surface area contributed by atoms with Gasteiger partial charge in [-0.05, 0) is 31.0 Å². The Morgan fingerprint density at radius 2 is 2.21 bits per heavy atom. The third-order valence-corrected chi connectivity index (χ3v) is 3.45. The number of rotatable bonds is 5. The molecule has 0 saturated carbocycles. The van der Waals surface area contributed by atoms with Crippen molar-refractivity contribution in [2.75, 3.05) is 0 Å². The number of aromatic nitrogens is 2. The maximum absolute atomic E-state index is 5.87. The zero-order valence-electron chi connectivity index (χ0n) is 11.1. The Balaban J connectivity index is 2.12. The van der Waals surface area contributed by atoms with Gasteiger partial charge in [-0.25, -0.2) is 0 Å². The van der Waals surface area contributed by atoms with Gasteiger partial charge in [-0.2, -0.15) is 5.10 Å². The Bertz CT molecular complexity index is 551. The molecule has 1 aromatic carbocycles. The van der Waals surface area contributed by atoms with E-state index in [4.69, 9.17) is 10.5 Å². The van der Waals surface area contributed by atoms with Crippen LogP contribution < -0.4 is 10.5 Å². The molecular formula is C14H18BrN3O. The number of ether oxygens (including phenoxy) is 1. The van der Waals surface area contributed by atoms with Crippen LogP contribution in [0.1, 0.15) is 31.9 Å². The second-order valence-corrected chi connectivity index (χ2v) is 5.37. The first-order valence-electron chi connectivity index (χ1n) is 6.35. The van der Waals surface area contributed by atoms with E-state index in [1.807, 2.05) is 36.0 Å². The molecule has 0 saturated heterocycles. The highest BCUT2D eigenvalue weighted by Crippen LogP contribution is 2.29. The summed E-state index contributed by atoms with van der Waals surface area (Å²) in [5.41, 5.74) is 6.93. The molecule has 0 bridgehead atoms. The number of aryl methyl sites for hydroxylation is 1. The van der Waals surface area contributed by atoms with E-state index in [0.29, 0.717) is 0 Å². The van der Waals surface area contributed by atoms with Crippen LogP contribution in [0.25, 0.3) is 0 Å². The van der Waals surface area contributed by atoms with Gasteiger partial charge in [-0.3, -0.25) is 4.68 Å². The van der Waals surface area contributed by atoms with Crippen molar-refractivity contribution < 1.29 is 4.74 Å². The number of benzene rings is 1. The van der Waals surface area contributed by atoms with Gasteiger partial charge in [-0.1, -0.05) is 28.9 Å². The summed E-state index contributed by atoms with van der Waals surface area (Å²) in [4.78, 5) is 0. The Morgan fingerprint density at radius 3 is 2.84 bits per heavy atom. The first-order chi connectivity index (χ1) is 9.10. The van der Waals surface area contributed by atoms with Crippen LogP contribution in [0.5, 0.6) is 11.5 Å². The molecule has 2 N–H and O–H groups in total. The lowest BCUT2D eigenvalue weighted by Gasteiger charge is -2.10. The van der Waals surface area contributed by atoms with Crippen molar-refractivity contribution >= 4 is 15.9 Å². The van der Waals surface area contributed by atoms with E-state index in [2.05, 4.69) is 28.0 Å². The summed E-state index contributed by atoms with van der Waals surface area (Å²) in [5.74, 6) is 1.52. The summed E-state index contributed by atoms with van der Waals surface area (Å²) < 4.78 is 8.60. The third kappa shape index (κ3) is 3.58. The van der Waals surface area contributed by atoms with Crippen LogP contribution in [0, 0.1) is 0 Å². The van der Waals surface area contributed by atoms with Gasteiger partial charge in [-0.15, -0.1) is 0 Å². The Labute approximate surface area is 121 Å². The van der Waals surface area contributed by atoms with E-state index >= 15 is 0 Å². The minimum Gasteiger partial charge on any atom is -0.454 e. The van der Waals surface area contributed by atoms with Crippen molar-refractivity contribution in [3.63, 3.8) is 0 Å². The molecule has 4 nitrogen and oxygen atoms in total. The molecule has 0 unspecified atom stereocenters. The first-order valence-corrected chi connectivity index (χ1v) is 7.14. The summed E-state index contributed by atoms with van der Waals surface area (Å²) in [6, 6.07) is 5.81. The Kier molecular flexibility index (Phi) is 4.61. The average molecular weight is 324 g/mol. The molecule has 0 aliphatic rings. The van der Waals surface area contributed by atoms with E-state index in [9.17, 15) is 0 Å². The van der Waals surface area contributed by atoms with Crippen LogP contribution >= 0.6 is 15.9 Å². The van der Waals surface area contributed by atoms with Crippen LogP contribution in [0.4, 0.5) is 0 Å². The lowest BCUT2D eigenvalue weighted by atomic mass is 10.1. The van der Waals surface area contributed by atoms with Gasteiger partial charge in [0.05, 0.1) is 12.4 Å². The molecule has 19 heavy (non-hydrogen) atoms. The van der Waals surface area contributed by atoms with E-state index < -0.39 is 0 Å². The van der Waals surface area contributed by atoms with Gasteiger partial charge in [0.1, 0.15) is 5.75 Å². The van der Waals surface area contributed by atoms with E-state index in [0.717, 1.165) is 34.5 Å². The maximum Gasteiger partial charge on any atom is 0.165 e. The zero-order chi connectivity index (χ0) is 13.8. The number of nitrogens with two attached hydrogens (primary N) is 1. The molecule has 0 radical (unpaired) electrons. The van der Waals surface area contributed by atoms with Crippen LogP contribution in [0.2, 0.25) is 0 Å². The molecular weight excluding hydrogens is 306 g/mol. The van der Waals surface area contributed by atoms with Crippen molar-refractivity contribution in [3.05, 3.63) is 40.6 Å². The SMILES string of the molecule is CCCn1cc(Oc2ccc([C@@H](C)N)c(Br)c2)cn1. The van der Waals surface area contributed by atoms with Crippen molar-refractivity contribution in [3.8, 4) is 11.5 Å². The molecule has 0 aliphatic carbocycles. The summed E-state index contributed by atoms with van der Waals surface area (Å²) in [5, 5.41) is 4.23. The molecule has 2 rings (SSSR count). The van der Waals surface area contributed by atoms with Gasteiger partial charge < -0.3 is 10.5 Å². The summed E-state index contributed by atoms with van der Waals surface area (Å²) in [6.45, 7) is 4.97. The van der Waals surface area contributed by atoms with Gasteiger partial charge in [0, 0.05) is 17.1 Å². The summed E-state index contributed by atoms with van der Waals surface area (Å²) >= 11 is 3.51. The van der Waals surface area contributed by atoms with Gasteiger partial charge in [0.15, 0.2) is 5.75 Å². The number of hydrogen-bond donors (Lipinski definition) is 1. The van der Waals surface area contributed by atoms with Crippen LogP contribution in [-0.2, 0) is 6.54 Å². The molecule has 1 aromatic heterocycles. The minimum atomic E-state index is -0.00395. The third-order valence-electron chi connectivity index (χ3n) is 2.76. The first kappa shape index (κ1) is 14.1. The van der Waals surface area contributed by atoms with Crippen LogP contribution in [0.3, 0.4) is 0 Å². The van der Waals surface area contributed by atoms with Crippen molar-refractivity contribution in [1.29, 1.82) is 0 Å². The predicted molar refractivity (Wildman–Crippen MR) is 79.3 cm³/mol. The standard InChI is InChI=1S/C14H18BrN3O/c1-3-6-18-9-12(8-17-18)19-11-4-5-13(10(2)16)14(15)7-11/h4-5,7-10H,3,6,16H2,1-2H3/t10-/m1/s1. The van der Waals surface area contributed by atoms with E-state index in [1.165, 1.54) is 0 Å². The molecule has 0 aliphatic heterocycles. The van der Waals surface area contributed by atoms with Crippen LogP contribution in [-0.4, -0.2) is 9.78 Å². The molecule has 1 atom stereocenters. The lowest BCUT2D eigenvalue weighted by Crippen LogP contribution is -2.05. The van der Waals surface area contributed by atoms with Gasteiger partial charge in [0.25, 0.3) is 0 Å². The largest absolute Gasteiger partial charge is 0.454 e. The van der Waals surface area contributed by atoms with Crippen LogP contribution in [0.15, 0.2) is 35.1 Å². The number of hydrogen-bond acceptors (Lipinski definition) is 3. The molecule has 0 amide bonds. The van der Waals surface area contributed by atoms with Crippen molar-refractivity contribution in [2.45, 2.75) is 32.9 Å². The molecule has 1 heterocycles. The fraction of sp³-hybridized carbons (Fsp3) is 0.357. The highest BCUT2D eigenvalue weighted by Gasteiger charge is 2.07. The maximum atomic E-state index is 5.87. The highest BCUT2D eigenvalue weighted by molar-refractivity contribution is 9.10. The molecule has 2 aromatic rings. The van der Waals surface area contributed by atoms with Gasteiger partial charge >= 0.3 is 0 Å². The molecule has 0 spiro atoms. The second kappa shape index (κ2) is 6.21. The molecule has 5 heteroatoms.